The molecule has 2 aromatic rings. The molecule has 1 N–H and O–H groups in total. The lowest BCUT2D eigenvalue weighted by atomic mass is 9.67. The largest absolute Gasteiger partial charge is 0.370 e. The SMILES string of the molecule is CCCC1N(C)c2ccc([N+](=O)[O-])cc2CC12C(=O)NC(=O)N(c1ccc(F)cc1)C2=O. The second-order valence-electron chi connectivity index (χ2n) is 8.01. The Labute approximate surface area is 182 Å². The number of imide groups is 2. The van der Waals surface area contributed by atoms with Crippen LogP contribution in [0.4, 0.5) is 26.2 Å². The van der Waals surface area contributed by atoms with Crippen LogP contribution in [0.2, 0.25) is 0 Å². The van der Waals surface area contributed by atoms with Crippen LogP contribution in [0.5, 0.6) is 0 Å². The van der Waals surface area contributed by atoms with Gasteiger partial charge in [0.05, 0.1) is 16.7 Å². The van der Waals surface area contributed by atoms with Gasteiger partial charge < -0.3 is 4.90 Å². The molecule has 2 atom stereocenters. The topological polar surface area (TPSA) is 113 Å². The van der Waals surface area contributed by atoms with Crippen LogP contribution in [-0.4, -0.2) is 35.9 Å². The Bertz CT molecular complexity index is 1140. The minimum Gasteiger partial charge on any atom is -0.370 e. The zero-order valence-corrected chi connectivity index (χ0v) is 17.5. The number of benzene rings is 2. The highest BCUT2D eigenvalue weighted by Gasteiger charge is 2.61. The van der Waals surface area contributed by atoms with E-state index in [2.05, 4.69) is 5.32 Å². The monoisotopic (exact) mass is 440 g/mol. The number of halogens is 1. The van der Waals surface area contributed by atoms with Crippen molar-refractivity contribution in [2.24, 2.45) is 5.41 Å². The number of barbiturate groups is 1. The summed E-state index contributed by atoms with van der Waals surface area (Å²) in [5.74, 6) is -2.01. The Kier molecular flexibility index (Phi) is 5.15. The molecule has 1 fully saturated rings. The fourth-order valence-electron chi connectivity index (χ4n) is 4.73. The van der Waals surface area contributed by atoms with Crippen molar-refractivity contribution in [2.45, 2.75) is 32.2 Å². The van der Waals surface area contributed by atoms with Crippen molar-refractivity contribution in [2.75, 3.05) is 16.8 Å². The van der Waals surface area contributed by atoms with Gasteiger partial charge in [0.1, 0.15) is 5.82 Å². The number of non-ortho nitro benzene ring substituents is 1. The van der Waals surface area contributed by atoms with Gasteiger partial charge >= 0.3 is 6.03 Å². The highest BCUT2D eigenvalue weighted by Crippen LogP contribution is 2.46. The average Bonchev–Trinajstić information content (AvgIpc) is 2.75. The molecule has 10 heteroatoms. The second kappa shape index (κ2) is 7.70. The average molecular weight is 440 g/mol. The predicted octanol–water partition coefficient (Wildman–Crippen LogP) is 3.16. The fraction of sp³-hybridized carbons (Fsp3) is 0.318. The van der Waals surface area contributed by atoms with Crippen LogP contribution >= 0.6 is 0 Å². The second-order valence-corrected chi connectivity index (χ2v) is 8.01. The van der Waals surface area contributed by atoms with Gasteiger partial charge in [-0.05, 0) is 42.3 Å². The molecule has 0 bridgehead atoms. The number of fused-ring (bicyclic) bond motifs is 1. The maximum atomic E-state index is 13.9. The smallest absolute Gasteiger partial charge is 0.335 e. The lowest BCUT2D eigenvalue weighted by molar-refractivity contribution is -0.384. The number of carbonyl (C=O) groups is 3. The maximum absolute atomic E-state index is 13.9. The van der Waals surface area contributed by atoms with Crippen molar-refractivity contribution in [1.82, 2.24) is 5.32 Å². The molecule has 2 aliphatic rings. The van der Waals surface area contributed by atoms with Gasteiger partial charge in [-0.1, -0.05) is 13.3 Å². The quantitative estimate of drug-likeness (QED) is 0.444. The normalized spacial score (nSPS) is 22.7. The van der Waals surface area contributed by atoms with E-state index >= 15 is 0 Å². The molecule has 0 aromatic heterocycles. The lowest BCUT2D eigenvalue weighted by Gasteiger charge is -2.50. The summed E-state index contributed by atoms with van der Waals surface area (Å²) >= 11 is 0. The molecule has 9 nitrogen and oxygen atoms in total. The number of nitrogens with one attached hydrogen (secondary N) is 1. The molecule has 0 aliphatic carbocycles. The third-order valence-corrected chi connectivity index (χ3v) is 6.22. The van der Waals surface area contributed by atoms with Crippen molar-refractivity contribution in [3.05, 3.63) is 64.0 Å². The van der Waals surface area contributed by atoms with E-state index in [4.69, 9.17) is 0 Å². The number of hydrogen-bond donors (Lipinski definition) is 1. The van der Waals surface area contributed by atoms with Crippen LogP contribution in [0.15, 0.2) is 42.5 Å². The summed E-state index contributed by atoms with van der Waals surface area (Å²) in [4.78, 5) is 53.2. The van der Waals surface area contributed by atoms with Gasteiger partial charge in [-0.25, -0.2) is 14.1 Å². The summed E-state index contributed by atoms with van der Waals surface area (Å²) in [6.07, 6.45) is 1.02. The van der Waals surface area contributed by atoms with E-state index in [0.717, 1.165) is 17.0 Å². The van der Waals surface area contributed by atoms with Crippen LogP contribution in [0.3, 0.4) is 0 Å². The first-order valence-corrected chi connectivity index (χ1v) is 10.2. The Hall–Kier alpha value is -3.82. The van der Waals surface area contributed by atoms with E-state index in [1.165, 1.54) is 24.3 Å². The third-order valence-electron chi connectivity index (χ3n) is 6.22. The number of carbonyl (C=O) groups excluding carboxylic acids is 3. The van der Waals surface area contributed by atoms with Crippen LogP contribution in [-0.2, 0) is 16.0 Å². The van der Waals surface area contributed by atoms with E-state index < -0.39 is 40.0 Å². The number of anilines is 2. The van der Waals surface area contributed by atoms with E-state index in [1.54, 1.807) is 18.0 Å². The molecule has 32 heavy (non-hydrogen) atoms. The van der Waals surface area contributed by atoms with Gasteiger partial charge in [0, 0.05) is 31.3 Å². The Morgan fingerprint density at radius 1 is 1.19 bits per heavy atom. The third kappa shape index (κ3) is 3.10. The fourth-order valence-corrected chi connectivity index (χ4v) is 4.73. The Morgan fingerprint density at radius 3 is 2.50 bits per heavy atom. The van der Waals surface area contributed by atoms with Crippen molar-refractivity contribution < 1.29 is 23.7 Å². The molecule has 2 aliphatic heterocycles. The molecule has 2 aromatic carbocycles. The van der Waals surface area contributed by atoms with Crippen molar-refractivity contribution in [1.29, 1.82) is 0 Å². The van der Waals surface area contributed by atoms with Crippen molar-refractivity contribution >= 4 is 34.9 Å². The van der Waals surface area contributed by atoms with Crippen molar-refractivity contribution in [3.63, 3.8) is 0 Å². The van der Waals surface area contributed by atoms with Gasteiger partial charge in [-0.15, -0.1) is 0 Å². The predicted molar refractivity (Wildman–Crippen MR) is 114 cm³/mol. The first-order valence-electron chi connectivity index (χ1n) is 10.2. The van der Waals surface area contributed by atoms with Gasteiger partial charge in [0.25, 0.3) is 11.6 Å². The highest BCUT2D eigenvalue weighted by atomic mass is 19.1. The minimum absolute atomic E-state index is 0.103. The van der Waals surface area contributed by atoms with Crippen LogP contribution in [0.25, 0.3) is 0 Å². The number of rotatable bonds is 4. The highest BCUT2D eigenvalue weighted by molar-refractivity contribution is 6.30. The number of nitro benzene ring substituents is 1. The Balaban J connectivity index is 1.88. The molecule has 0 radical (unpaired) electrons. The van der Waals surface area contributed by atoms with Crippen LogP contribution < -0.4 is 15.1 Å². The molecule has 166 valence electrons. The maximum Gasteiger partial charge on any atom is 0.335 e. The summed E-state index contributed by atoms with van der Waals surface area (Å²) in [5.41, 5.74) is -0.564. The molecule has 1 spiro atoms. The summed E-state index contributed by atoms with van der Waals surface area (Å²) in [6.45, 7) is 1.92. The number of hydrogen-bond acceptors (Lipinski definition) is 6. The van der Waals surface area contributed by atoms with E-state index in [-0.39, 0.29) is 17.8 Å². The van der Waals surface area contributed by atoms with Crippen LogP contribution in [0, 0.1) is 21.3 Å². The molecule has 1 saturated heterocycles. The lowest BCUT2D eigenvalue weighted by Crippen LogP contribution is -2.72. The first kappa shape index (κ1) is 21.4. The van der Waals surface area contributed by atoms with Gasteiger partial charge in [-0.2, -0.15) is 0 Å². The molecule has 4 rings (SSSR count). The van der Waals surface area contributed by atoms with Gasteiger partial charge in [0.2, 0.25) is 5.91 Å². The summed E-state index contributed by atoms with van der Waals surface area (Å²) in [7, 11) is 1.73. The van der Waals surface area contributed by atoms with E-state index in [0.29, 0.717) is 24.1 Å². The molecule has 2 unspecified atom stereocenters. The molecule has 0 saturated carbocycles. The van der Waals surface area contributed by atoms with E-state index in [1.807, 2.05) is 6.92 Å². The standard InChI is InChI=1S/C22H21FN4O5/c1-3-4-18-22(12-13-11-16(27(31)32)9-10-17(13)25(18)2)19(28)24-21(30)26(20(22)29)15-7-5-14(23)6-8-15/h5-11,18H,3-4,12H2,1-2H3,(H,24,28,30). The summed E-state index contributed by atoms with van der Waals surface area (Å²) in [6, 6.07) is 7.65. The molecule has 2 heterocycles. The minimum atomic E-state index is -1.69. The molecular formula is C22H21FN4O5. The number of nitrogens with zero attached hydrogens (tertiary/aromatic N) is 3. The zero-order chi connectivity index (χ0) is 23.2. The van der Waals surface area contributed by atoms with Crippen molar-refractivity contribution in [3.8, 4) is 0 Å². The molecule has 4 amide bonds. The van der Waals surface area contributed by atoms with Gasteiger partial charge in [0.15, 0.2) is 5.41 Å². The number of amides is 4. The molecular weight excluding hydrogens is 419 g/mol. The number of urea groups is 1. The Morgan fingerprint density at radius 2 is 1.88 bits per heavy atom. The first-order chi connectivity index (χ1) is 15.2. The summed E-state index contributed by atoms with van der Waals surface area (Å²) in [5, 5.41) is 13.6. The van der Waals surface area contributed by atoms with E-state index in [9.17, 15) is 28.9 Å². The summed E-state index contributed by atoms with van der Waals surface area (Å²) < 4.78 is 13.4. The van der Waals surface area contributed by atoms with Gasteiger partial charge in [-0.3, -0.25) is 25.0 Å². The number of nitro groups is 1. The van der Waals surface area contributed by atoms with Crippen LogP contribution in [0.1, 0.15) is 25.3 Å². The zero-order valence-electron chi connectivity index (χ0n) is 17.5.